The lowest BCUT2D eigenvalue weighted by Gasteiger charge is -2.25. The Morgan fingerprint density at radius 2 is 1.84 bits per heavy atom. The normalized spacial score (nSPS) is 22.0. The fraction of sp³-hybridized carbons (Fsp3) is 0.480. The molecule has 2 fully saturated rings. The second-order valence-electron chi connectivity index (χ2n) is 9.02. The van der Waals surface area contributed by atoms with Crippen molar-refractivity contribution >= 4 is 11.6 Å². The van der Waals surface area contributed by atoms with Crippen molar-refractivity contribution in [2.24, 2.45) is 0 Å². The number of hydrogen-bond donors (Lipinski definition) is 2. The first kappa shape index (κ1) is 20.9. The molecule has 2 N–H and O–H groups in total. The van der Waals surface area contributed by atoms with Crippen LogP contribution in [-0.4, -0.2) is 43.9 Å². The van der Waals surface area contributed by atoms with E-state index >= 15 is 0 Å². The van der Waals surface area contributed by atoms with Crippen LogP contribution in [0.2, 0.25) is 0 Å². The Morgan fingerprint density at radius 1 is 1.03 bits per heavy atom. The Hall–Kier alpha value is -2.93. The van der Waals surface area contributed by atoms with Crippen molar-refractivity contribution in [3.8, 4) is 17.1 Å². The Kier molecular flexibility index (Phi) is 6.08. The number of aliphatic hydroxyl groups is 1. The van der Waals surface area contributed by atoms with Crippen molar-refractivity contribution in [3.05, 3.63) is 48.2 Å². The standard InChI is InChI=1S/C25H30N4O3/c30-20-9-11-21(12-10-20)32-24-14-13-23-26-16-22(29(23)28-24)17-5-4-6-18(15-17)25(31)27-19-7-2-1-3-8-19/h4-6,13-16,19-21,30H,1-3,7-12H2,(H,27,31)/t20-,21-. The van der Waals surface area contributed by atoms with Crippen LogP contribution in [0.1, 0.15) is 68.1 Å². The van der Waals surface area contributed by atoms with Gasteiger partial charge in [0.25, 0.3) is 5.91 Å². The van der Waals surface area contributed by atoms with Crippen molar-refractivity contribution in [1.29, 1.82) is 0 Å². The molecule has 0 saturated heterocycles. The zero-order valence-electron chi connectivity index (χ0n) is 18.2. The summed E-state index contributed by atoms with van der Waals surface area (Å²) in [5.41, 5.74) is 3.08. The summed E-state index contributed by atoms with van der Waals surface area (Å²) in [5, 5.41) is 17.6. The molecule has 5 rings (SSSR count). The SMILES string of the molecule is O=C(NC1CCCCC1)c1cccc(-c2cnc3ccc(O[C@H]4CC[C@H](O)CC4)nn23)c1. The number of nitrogens with one attached hydrogen (secondary N) is 1. The lowest BCUT2D eigenvalue weighted by molar-refractivity contribution is 0.0637. The van der Waals surface area contributed by atoms with Gasteiger partial charge < -0.3 is 15.2 Å². The molecule has 0 atom stereocenters. The van der Waals surface area contributed by atoms with E-state index in [1.807, 2.05) is 36.4 Å². The van der Waals surface area contributed by atoms with Crippen molar-refractivity contribution < 1.29 is 14.6 Å². The van der Waals surface area contributed by atoms with Gasteiger partial charge in [-0.25, -0.2) is 9.50 Å². The topological polar surface area (TPSA) is 88.8 Å². The summed E-state index contributed by atoms with van der Waals surface area (Å²) in [6.07, 6.45) is 10.6. The van der Waals surface area contributed by atoms with E-state index in [1.165, 1.54) is 19.3 Å². The van der Waals surface area contributed by atoms with Gasteiger partial charge in [0.2, 0.25) is 5.88 Å². The minimum Gasteiger partial charge on any atom is -0.473 e. The highest BCUT2D eigenvalue weighted by atomic mass is 16.5. The molecule has 32 heavy (non-hydrogen) atoms. The third kappa shape index (κ3) is 4.63. The number of nitrogens with zero attached hydrogens (tertiary/aromatic N) is 3. The molecule has 0 spiro atoms. The quantitative estimate of drug-likeness (QED) is 0.630. The maximum Gasteiger partial charge on any atom is 0.251 e. The molecule has 0 unspecified atom stereocenters. The number of carbonyl (C=O) groups is 1. The van der Waals surface area contributed by atoms with Crippen LogP contribution in [0.3, 0.4) is 0 Å². The molecular weight excluding hydrogens is 404 g/mol. The number of fused-ring (bicyclic) bond motifs is 1. The van der Waals surface area contributed by atoms with Gasteiger partial charge in [-0.3, -0.25) is 4.79 Å². The third-order valence-electron chi connectivity index (χ3n) is 6.63. The molecule has 2 heterocycles. The lowest BCUT2D eigenvalue weighted by Crippen LogP contribution is -2.36. The van der Waals surface area contributed by atoms with E-state index in [9.17, 15) is 9.90 Å². The number of benzene rings is 1. The van der Waals surface area contributed by atoms with Crippen molar-refractivity contribution in [1.82, 2.24) is 19.9 Å². The van der Waals surface area contributed by atoms with Crippen molar-refractivity contribution in [2.45, 2.75) is 76.0 Å². The molecule has 7 heteroatoms. The van der Waals surface area contributed by atoms with E-state index in [0.717, 1.165) is 55.4 Å². The molecular formula is C25H30N4O3. The van der Waals surface area contributed by atoms with Gasteiger partial charge >= 0.3 is 0 Å². The van der Waals surface area contributed by atoms with Crippen LogP contribution in [0.5, 0.6) is 5.88 Å². The van der Waals surface area contributed by atoms with Crippen LogP contribution < -0.4 is 10.1 Å². The number of imidazole rings is 1. The molecule has 0 aliphatic heterocycles. The number of aliphatic hydroxyl groups excluding tert-OH is 1. The Labute approximate surface area is 187 Å². The maximum absolute atomic E-state index is 12.8. The average Bonchev–Trinajstić information content (AvgIpc) is 3.25. The van der Waals surface area contributed by atoms with Crippen LogP contribution in [-0.2, 0) is 0 Å². The number of aromatic nitrogens is 3. The van der Waals surface area contributed by atoms with E-state index in [0.29, 0.717) is 11.4 Å². The van der Waals surface area contributed by atoms with Crippen molar-refractivity contribution in [2.75, 3.05) is 0 Å². The highest BCUT2D eigenvalue weighted by Gasteiger charge is 2.22. The molecule has 0 radical (unpaired) electrons. The number of carbonyl (C=O) groups excluding carboxylic acids is 1. The molecule has 1 aromatic carbocycles. The Morgan fingerprint density at radius 3 is 2.66 bits per heavy atom. The summed E-state index contributed by atoms with van der Waals surface area (Å²) in [6.45, 7) is 0. The molecule has 2 aliphatic carbocycles. The predicted molar refractivity (Wildman–Crippen MR) is 122 cm³/mol. The molecule has 1 amide bonds. The lowest BCUT2D eigenvalue weighted by atomic mass is 9.95. The Balaban J connectivity index is 1.36. The second-order valence-corrected chi connectivity index (χ2v) is 9.02. The van der Waals surface area contributed by atoms with E-state index in [1.54, 1.807) is 10.7 Å². The van der Waals surface area contributed by atoms with Gasteiger partial charge in [-0.15, -0.1) is 5.10 Å². The van der Waals surface area contributed by atoms with Gasteiger partial charge in [-0.05, 0) is 56.7 Å². The number of ether oxygens (including phenoxy) is 1. The van der Waals surface area contributed by atoms with Gasteiger partial charge in [-0.2, -0.15) is 0 Å². The molecule has 7 nitrogen and oxygen atoms in total. The van der Waals surface area contributed by atoms with Crippen LogP contribution in [0, 0.1) is 0 Å². The van der Waals surface area contributed by atoms with Crippen LogP contribution >= 0.6 is 0 Å². The van der Waals surface area contributed by atoms with Gasteiger partial charge in [-0.1, -0.05) is 31.4 Å². The summed E-state index contributed by atoms with van der Waals surface area (Å²) < 4.78 is 7.85. The average molecular weight is 435 g/mol. The summed E-state index contributed by atoms with van der Waals surface area (Å²) in [7, 11) is 0. The van der Waals surface area contributed by atoms with E-state index in [4.69, 9.17) is 4.74 Å². The monoisotopic (exact) mass is 434 g/mol. The first-order chi connectivity index (χ1) is 15.7. The zero-order valence-corrected chi connectivity index (χ0v) is 18.2. The molecule has 2 aliphatic rings. The first-order valence-corrected chi connectivity index (χ1v) is 11.8. The van der Waals surface area contributed by atoms with Crippen molar-refractivity contribution in [3.63, 3.8) is 0 Å². The third-order valence-corrected chi connectivity index (χ3v) is 6.63. The fourth-order valence-electron chi connectivity index (χ4n) is 4.79. The van der Waals surface area contributed by atoms with Crippen LogP contribution in [0.4, 0.5) is 0 Å². The fourth-order valence-corrected chi connectivity index (χ4v) is 4.79. The predicted octanol–water partition coefficient (Wildman–Crippen LogP) is 4.14. The van der Waals surface area contributed by atoms with Crippen LogP contribution in [0.15, 0.2) is 42.6 Å². The highest BCUT2D eigenvalue weighted by molar-refractivity contribution is 5.95. The summed E-state index contributed by atoms with van der Waals surface area (Å²) in [5.74, 6) is 0.522. The van der Waals surface area contributed by atoms with E-state index in [-0.39, 0.29) is 24.2 Å². The number of rotatable bonds is 5. The summed E-state index contributed by atoms with van der Waals surface area (Å²) in [6, 6.07) is 11.6. The molecule has 2 aromatic heterocycles. The number of hydrogen-bond acceptors (Lipinski definition) is 5. The van der Waals surface area contributed by atoms with E-state index in [2.05, 4.69) is 15.4 Å². The Bertz CT molecular complexity index is 1080. The van der Waals surface area contributed by atoms with E-state index < -0.39 is 0 Å². The highest BCUT2D eigenvalue weighted by Crippen LogP contribution is 2.26. The maximum atomic E-state index is 12.8. The van der Waals surface area contributed by atoms with Gasteiger partial charge in [0, 0.05) is 23.2 Å². The number of amides is 1. The molecule has 2 saturated carbocycles. The molecule has 3 aromatic rings. The largest absolute Gasteiger partial charge is 0.473 e. The van der Waals surface area contributed by atoms with Gasteiger partial charge in [0.05, 0.1) is 18.0 Å². The second kappa shape index (κ2) is 9.28. The summed E-state index contributed by atoms with van der Waals surface area (Å²) >= 11 is 0. The zero-order chi connectivity index (χ0) is 21.9. The summed E-state index contributed by atoms with van der Waals surface area (Å²) in [4.78, 5) is 17.3. The molecule has 0 bridgehead atoms. The first-order valence-electron chi connectivity index (χ1n) is 11.8. The van der Waals surface area contributed by atoms with Gasteiger partial charge in [0.1, 0.15) is 6.10 Å². The molecule has 168 valence electrons. The van der Waals surface area contributed by atoms with Crippen LogP contribution in [0.25, 0.3) is 16.9 Å². The smallest absolute Gasteiger partial charge is 0.251 e. The minimum atomic E-state index is -0.215. The minimum absolute atomic E-state index is 0.0240. The van der Waals surface area contributed by atoms with Gasteiger partial charge in [0.15, 0.2) is 5.65 Å².